The highest BCUT2D eigenvalue weighted by atomic mass is 35.5. The van der Waals surface area contributed by atoms with Gasteiger partial charge in [-0.3, -0.25) is 0 Å². The normalized spacial score (nSPS) is 17.0. The number of nitrogens with two attached hydrogens (primary N) is 1. The molecule has 0 amide bonds. The third kappa shape index (κ3) is 3.33. The lowest BCUT2D eigenvalue weighted by Crippen LogP contribution is -2.12. The van der Waals surface area contributed by atoms with Crippen LogP contribution >= 0.6 is 24.0 Å². The van der Waals surface area contributed by atoms with Crippen LogP contribution in [0.15, 0.2) is 18.2 Å². The molecule has 0 aliphatic heterocycles. The van der Waals surface area contributed by atoms with Crippen LogP contribution in [0.2, 0.25) is 5.02 Å². The first-order valence-electron chi connectivity index (χ1n) is 4.87. The van der Waals surface area contributed by atoms with Gasteiger partial charge in [0.15, 0.2) is 0 Å². The third-order valence-electron chi connectivity index (χ3n) is 2.65. The quantitative estimate of drug-likeness (QED) is 0.869. The van der Waals surface area contributed by atoms with Crippen molar-refractivity contribution in [3.8, 4) is 0 Å². The van der Waals surface area contributed by atoms with Crippen LogP contribution in [0.25, 0.3) is 0 Å². The van der Waals surface area contributed by atoms with Crippen LogP contribution in [-0.2, 0) is 0 Å². The van der Waals surface area contributed by atoms with E-state index in [1.165, 1.54) is 18.9 Å². The molecular formula is C11H14Cl2FN. The predicted octanol–water partition coefficient (Wildman–Crippen LogP) is 3.70. The number of rotatable bonds is 3. The van der Waals surface area contributed by atoms with Gasteiger partial charge >= 0.3 is 0 Å². The standard InChI is InChI=1S/C11H13ClFN.ClH/c12-8-3-4-9(10(13)6-8)11(14)5-7-1-2-7;/h3-4,6-7,11H,1-2,5,14H2;1H/t11-;/m1./s1. The Morgan fingerprint density at radius 3 is 2.67 bits per heavy atom. The molecule has 1 aromatic carbocycles. The molecule has 1 fully saturated rings. The maximum atomic E-state index is 13.4. The van der Waals surface area contributed by atoms with Gasteiger partial charge in [-0.25, -0.2) is 4.39 Å². The Hall–Kier alpha value is -0.310. The molecule has 0 heterocycles. The minimum absolute atomic E-state index is 0. The fourth-order valence-electron chi connectivity index (χ4n) is 1.64. The topological polar surface area (TPSA) is 26.0 Å². The zero-order valence-corrected chi connectivity index (χ0v) is 9.82. The summed E-state index contributed by atoms with van der Waals surface area (Å²) < 4.78 is 13.4. The van der Waals surface area contributed by atoms with Crippen molar-refractivity contribution in [1.29, 1.82) is 0 Å². The highest BCUT2D eigenvalue weighted by molar-refractivity contribution is 6.30. The van der Waals surface area contributed by atoms with Crippen molar-refractivity contribution in [2.45, 2.75) is 25.3 Å². The molecule has 0 spiro atoms. The molecule has 1 nitrogen and oxygen atoms in total. The average Bonchev–Trinajstić information content (AvgIpc) is 2.87. The SMILES string of the molecule is Cl.N[C@H](CC1CC1)c1ccc(Cl)cc1F. The largest absolute Gasteiger partial charge is 0.324 e. The average molecular weight is 250 g/mol. The zero-order valence-electron chi connectivity index (χ0n) is 8.25. The molecule has 4 heteroatoms. The van der Waals surface area contributed by atoms with E-state index >= 15 is 0 Å². The van der Waals surface area contributed by atoms with Crippen LogP contribution < -0.4 is 5.73 Å². The lowest BCUT2D eigenvalue weighted by Gasteiger charge is -2.12. The van der Waals surface area contributed by atoms with Gasteiger partial charge in [-0.05, 0) is 24.5 Å². The first-order chi connectivity index (χ1) is 6.66. The van der Waals surface area contributed by atoms with Crippen LogP contribution in [0.3, 0.4) is 0 Å². The molecule has 1 aromatic rings. The Bertz CT molecular complexity index is 339. The summed E-state index contributed by atoms with van der Waals surface area (Å²) in [6, 6.07) is 4.51. The van der Waals surface area contributed by atoms with E-state index in [2.05, 4.69) is 0 Å². The first kappa shape index (κ1) is 12.8. The van der Waals surface area contributed by atoms with Gasteiger partial charge in [0.2, 0.25) is 0 Å². The number of benzene rings is 1. The van der Waals surface area contributed by atoms with E-state index in [9.17, 15) is 4.39 Å². The van der Waals surface area contributed by atoms with Crippen LogP contribution in [0.5, 0.6) is 0 Å². The fraction of sp³-hybridized carbons (Fsp3) is 0.455. The van der Waals surface area contributed by atoms with Crippen LogP contribution in [0.4, 0.5) is 4.39 Å². The maximum absolute atomic E-state index is 13.4. The Morgan fingerprint density at radius 1 is 1.47 bits per heavy atom. The molecule has 84 valence electrons. The van der Waals surface area contributed by atoms with E-state index in [4.69, 9.17) is 17.3 Å². The molecule has 1 aliphatic carbocycles. The summed E-state index contributed by atoms with van der Waals surface area (Å²) in [6.07, 6.45) is 3.37. The second-order valence-electron chi connectivity index (χ2n) is 3.95. The predicted molar refractivity (Wildman–Crippen MR) is 62.9 cm³/mol. The van der Waals surface area contributed by atoms with Gasteiger partial charge in [0, 0.05) is 16.6 Å². The Balaban J connectivity index is 0.00000112. The summed E-state index contributed by atoms with van der Waals surface area (Å²) in [7, 11) is 0. The molecule has 2 rings (SSSR count). The van der Waals surface area contributed by atoms with E-state index < -0.39 is 0 Å². The van der Waals surface area contributed by atoms with Crippen LogP contribution in [-0.4, -0.2) is 0 Å². The Kier molecular flexibility index (Phi) is 4.38. The van der Waals surface area contributed by atoms with Gasteiger partial charge in [0.25, 0.3) is 0 Å². The molecule has 0 aromatic heterocycles. The third-order valence-corrected chi connectivity index (χ3v) is 2.88. The number of halogens is 3. The highest BCUT2D eigenvalue weighted by Crippen LogP contribution is 2.37. The smallest absolute Gasteiger partial charge is 0.129 e. The lowest BCUT2D eigenvalue weighted by atomic mass is 10.0. The molecule has 0 radical (unpaired) electrons. The van der Waals surface area contributed by atoms with Gasteiger partial charge in [0.05, 0.1) is 0 Å². The van der Waals surface area contributed by atoms with Gasteiger partial charge in [-0.2, -0.15) is 0 Å². The van der Waals surface area contributed by atoms with Crippen molar-refractivity contribution < 1.29 is 4.39 Å². The van der Waals surface area contributed by atoms with E-state index in [0.29, 0.717) is 16.5 Å². The van der Waals surface area contributed by atoms with E-state index in [1.807, 2.05) is 0 Å². The zero-order chi connectivity index (χ0) is 10.1. The van der Waals surface area contributed by atoms with Gasteiger partial charge in [0.1, 0.15) is 5.82 Å². The van der Waals surface area contributed by atoms with Gasteiger partial charge < -0.3 is 5.73 Å². The molecule has 0 unspecified atom stereocenters. The van der Waals surface area contributed by atoms with Crippen molar-refractivity contribution in [2.24, 2.45) is 11.7 Å². The Labute approximate surface area is 100 Å². The molecule has 2 N–H and O–H groups in total. The number of hydrogen-bond acceptors (Lipinski definition) is 1. The second kappa shape index (κ2) is 5.15. The van der Waals surface area contributed by atoms with Crippen molar-refractivity contribution in [2.75, 3.05) is 0 Å². The number of hydrogen-bond donors (Lipinski definition) is 1. The van der Waals surface area contributed by atoms with Crippen molar-refractivity contribution >= 4 is 24.0 Å². The van der Waals surface area contributed by atoms with E-state index in [0.717, 1.165) is 6.42 Å². The Morgan fingerprint density at radius 2 is 2.13 bits per heavy atom. The molecular weight excluding hydrogens is 236 g/mol. The minimum atomic E-state index is -0.286. The lowest BCUT2D eigenvalue weighted by molar-refractivity contribution is 0.543. The monoisotopic (exact) mass is 249 g/mol. The van der Waals surface area contributed by atoms with Crippen molar-refractivity contribution in [1.82, 2.24) is 0 Å². The maximum Gasteiger partial charge on any atom is 0.129 e. The molecule has 1 atom stereocenters. The molecule has 0 saturated heterocycles. The highest BCUT2D eigenvalue weighted by Gasteiger charge is 2.25. The summed E-state index contributed by atoms with van der Waals surface area (Å²) in [5.74, 6) is 0.422. The summed E-state index contributed by atoms with van der Waals surface area (Å²) in [5, 5.41) is 0.421. The summed E-state index contributed by atoms with van der Waals surface area (Å²) >= 11 is 5.66. The van der Waals surface area contributed by atoms with Crippen LogP contribution in [0, 0.1) is 11.7 Å². The van der Waals surface area contributed by atoms with Gasteiger partial charge in [-0.15, -0.1) is 12.4 Å². The first-order valence-corrected chi connectivity index (χ1v) is 5.25. The molecule has 15 heavy (non-hydrogen) atoms. The molecule has 0 bridgehead atoms. The fourth-order valence-corrected chi connectivity index (χ4v) is 1.80. The molecule has 1 aliphatic rings. The van der Waals surface area contributed by atoms with Crippen molar-refractivity contribution in [3.05, 3.63) is 34.6 Å². The summed E-state index contributed by atoms with van der Waals surface area (Å²) in [5.41, 5.74) is 6.49. The summed E-state index contributed by atoms with van der Waals surface area (Å²) in [4.78, 5) is 0. The van der Waals surface area contributed by atoms with Gasteiger partial charge in [-0.1, -0.05) is 30.5 Å². The molecule has 1 saturated carbocycles. The van der Waals surface area contributed by atoms with Crippen molar-refractivity contribution in [3.63, 3.8) is 0 Å². The second-order valence-corrected chi connectivity index (χ2v) is 4.39. The van der Waals surface area contributed by atoms with E-state index in [-0.39, 0.29) is 24.3 Å². The minimum Gasteiger partial charge on any atom is -0.324 e. The van der Waals surface area contributed by atoms with Crippen LogP contribution in [0.1, 0.15) is 30.9 Å². The summed E-state index contributed by atoms with van der Waals surface area (Å²) in [6.45, 7) is 0. The van der Waals surface area contributed by atoms with E-state index in [1.54, 1.807) is 12.1 Å².